The third kappa shape index (κ3) is 3.02. The molecule has 3 aliphatic rings. The molecular weight excluding hydrogens is 383 g/mol. The lowest BCUT2D eigenvalue weighted by molar-refractivity contribution is 0.0102. The highest BCUT2D eigenvalue weighted by Gasteiger charge is 2.53. The van der Waals surface area contributed by atoms with Gasteiger partial charge in [-0.25, -0.2) is 9.37 Å². The molecule has 4 atom stereocenters. The van der Waals surface area contributed by atoms with Crippen LogP contribution >= 0.6 is 0 Å². The Bertz CT molecular complexity index is 1030. The number of fused-ring (bicyclic) bond motifs is 3. The van der Waals surface area contributed by atoms with E-state index in [0.29, 0.717) is 17.1 Å². The van der Waals surface area contributed by atoms with Gasteiger partial charge in [-0.05, 0) is 49.9 Å². The fourth-order valence-electron chi connectivity index (χ4n) is 4.81. The number of phenolic OH excluding ortho intramolecular Hbond substituents is 1. The Labute approximate surface area is 174 Å². The van der Waals surface area contributed by atoms with Gasteiger partial charge in [0.2, 0.25) is 0 Å². The number of piperidine rings is 2. The molecule has 3 aromatic rings. The maximum Gasteiger partial charge on any atom is 0.151 e. The molecule has 6 rings (SSSR count). The molecule has 2 aliphatic heterocycles. The molecule has 2 N–H and O–H groups in total. The fourth-order valence-corrected chi connectivity index (χ4v) is 4.81. The number of aromatic nitrogens is 4. The van der Waals surface area contributed by atoms with Crippen LogP contribution in [-0.2, 0) is 0 Å². The van der Waals surface area contributed by atoms with E-state index in [2.05, 4.69) is 20.5 Å². The number of anilines is 1. The van der Waals surface area contributed by atoms with Crippen molar-refractivity contribution in [1.82, 2.24) is 25.1 Å². The van der Waals surface area contributed by atoms with Gasteiger partial charge in [0.25, 0.3) is 0 Å². The van der Waals surface area contributed by atoms with Crippen LogP contribution in [0.4, 0.5) is 10.2 Å². The van der Waals surface area contributed by atoms with Crippen LogP contribution < -0.4 is 10.2 Å². The van der Waals surface area contributed by atoms with Gasteiger partial charge in [0.15, 0.2) is 5.82 Å². The molecule has 2 aromatic heterocycles. The monoisotopic (exact) mass is 408 g/mol. The van der Waals surface area contributed by atoms with Crippen molar-refractivity contribution in [2.24, 2.45) is 5.92 Å². The molecule has 0 amide bonds. The smallest absolute Gasteiger partial charge is 0.151 e. The summed E-state index contributed by atoms with van der Waals surface area (Å²) >= 11 is 0. The Hall–Kier alpha value is -3.00. The summed E-state index contributed by atoms with van der Waals surface area (Å²) in [5.74, 6) is 1.01. The van der Waals surface area contributed by atoms with Crippen LogP contribution in [0, 0.1) is 5.92 Å². The molecule has 4 heterocycles. The zero-order chi connectivity index (χ0) is 20.9. The first kappa shape index (κ1) is 19.0. The lowest BCUT2D eigenvalue weighted by Gasteiger charge is -2.54. The third-order valence-electron chi connectivity index (χ3n) is 6.71. The number of benzene rings is 1. The van der Waals surface area contributed by atoms with Crippen molar-refractivity contribution >= 4 is 5.82 Å². The molecule has 0 radical (unpaired) electrons. The van der Waals surface area contributed by atoms with Gasteiger partial charge < -0.3 is 19.9 Å². The first-order valence-corrected chi connectivity index (χ1v) is 10.2. The summed E-state index contributed by atoms with van der Waals surface area (Å²) in [6.07, 6.45) is 6.08. The lowest BCUT2D eigenvalue weighted by atomic mass is 9.68. The SMILES string of the molecule is CN(c1ccc(-c2ccc(-n3ccnc3)cc2O)nn1)[C@H]1[C@@H]2CC[C@@](C)(NC2)[C@H]1F. The first-order chi connectivity index (χ1) is 14.5. The van der Waals surface area contributed by atoms with Crippen LogP contribution in [0.5, 0.6) is 5.75 Å². The van der Waals surface area contributed by atoms with Crippen molar-refractivity contribution in [2.75, 3.05) is 18.5 Å². The minimum atomic E-state index is -0.962. The van der Waals surface area contributed by atoms with Gasteiger partial charge >= 0.3 is 0 Å². The second kappa shape index (κ2) is 7.05. The van der Waals surface area contributed by atoms with Crippen LogP contribution in [0.25, 0.3) is 16.9 Å². The highest BCUT2D eigenvalue weighted by atomic mass is 19.1. The van der Waals surface area contributed by atoms with Crippen molar-refractivity contribution in [3.05, 3.63) is 49.1 Å². The van der Waals surface area contributed by atoms with E-state index in [0.717, 1.165) is 25.1 Å². The molecule has 0 spiro atoms. The maximum atomic E-state index is 15.2. The molecule has 1 aromatic carbocycles. The number of imidazole rings is 1. The van der Waals surface area contributed by atoms with Gasteiger partial charge in [0.05, 0.1) is 23.8 Å². The van der Waals surface area contributed by atoms with Gasteiger partial charge in [-0.2, -0.15) is 0 Å². The van der Waals surface area contributed by atoms with E-state index < -0.39 is 11.7 Å². The first-order valence-electron chi connectivity index (χ1n) is 10.2. The highest BCUT2D eigenvalue weighted by molar-refractivity contribution is 5.69. The molecular formula is C22H25FN6O. The van der Waals surface area contributed by atoms with Gasteiger partial charge in [-0.3, -0.25) is 0 Å². The lowest BCUT2D eigenvalue weighted by Crippen LogP contribution is -2.70. The van der Waals surface area contributed by atoms with Gasteiger partial charge in [-0.15, -0.1) is 10.2 Å². The largest absolute Gasteiger partial charge is 0.507 e. The summed E-state index contributed by atoms with van der Waals surface area (Å²) in [4.78, 5) is 5.94. The fraction of sp³-hybridized carbons (Fsp3) is 0.409. The van der Waals surface area contributed by atoms with E-state index >= 15 is 4.39 Å². The molecule has 156 valence electrons. The molecule has 2 bridgehead atoms. The predicted molar refractivity (Wildman–Crippen MR) is 112 cm³/mol. The number of nitrogens with zero attached hydrogens (tertiary/aromatic N) is 5. The van der Waals surface area contributed by atoms with Gasteiger partial charge in [0.1, 0.15) is 11.9 Å². The molecule has 7 nitrogen and oxygen atoms in total. The predicted octanol–water partition coefficient (Wildman–Crippen LogP) is 2.95. The summed E-state index contributed by atoms with van der Waals surface area (Å²) in [5, 5.41) is 22.5. The minimum Gasteiger partial charge on any atom is -0.507 e. The topological polar surface area (TPSA) is 79.1 Å². The number of halogens is 1. The second-order valence-corrected chi connectivity index (χ2v) is 8.55. The molecule has 2 saturated heterocycles. The Balaban J connectivity index is 1.38. The van der Waals surface area contributed by atoms with Crippen molar-refractivity contribution in [3.63, 3.8) is 0 Å². The van der Waals surface area contributed by atoms with Crippen LogP contribution in [0.1, 0.15) is 19.8 Å². The molecule has 0 unspecified atom stereocenters. The number of hydrogen-bond acceptors (Lipinski definition) is 6. The van der Waals surface area contributed by atoms with E-state index in [4.69, 9.17) is 0 Å². The van der Waals surface area contributed by atoms with Crippen molar-refractivity contribution < 1.29 is 9.50 Å². The summed E-state index contributed by atoms with van der Waals surface area (Å²) in [7, 11) is 1.89. The summed E-state index contributed by atoms with van der Waals surface area (Å²) in [5.41, 5.74) is 1.50. The molecule has 1 aliphatic carbocycles. The summed E-state index contributed by atoms with van der Waals surface area (Å²) < 4.78 is 17.0. The van der Waals surface area contributed by atoms with Gasteiger partial charge in [-0.1, -0.05) is 0 Å². The minimum absolute atomic E-state index is 0.115. The molecule has 30 heavy (non-hydrogen) atoms. The number of aromatic hydroxyl groups is 1. The Kier molecular flexibility index (Phi) is 4.47. The van der Waals surface area contributed by atoms with Crippen molar-refractivity contribution in [1.29, 1.82) is 0 Å². The van der Waals surface area contributed by atoms with E-state index in [1.807, 2.05) is 53.9 Å². The third-order valence-corrected chi connectivity index (χ3v) is 6.71. The van der Waals surface area contributed by atoms with Gasteiger partial charge in [0, 0.05) is 43.2 Å². The normalized spacial score (nSPS) is 27.9. The van der Waals surface area contributed by atoms with Crippen LogP contribution in [0.2, 0.25) is 0 Å². The van der Waals surface area contributed by atoms with Crippen molar-refractivity contribution in [2.45, 2.75) is 37.5 Å². The average molecular weight is 408 g/mol. The van der Waals surface area contributed by atoms with E-state index in [-0.39, 0.29) is 17.7 Å². The zero-order valence-corrected chi connectivity index (χ0v) is 17.0. The van der Waals surface area contributed by atoms with Crippen LogP contribution in [0.15, 0.2) is 49.1 Å². The quantitative estimate of drug-likeness (QED) is 0.691. The maximum absolute atomic E-state index is 15.2. The Morgan fingerprint density at radius 3 is 2.77 bits per heavy atom. The summed E-state index contributed by atoms with van der Waals surface area (Å²) in [6, 6.07) is 8.81. The number of nitrogens with one attached hydrogen (secondary N) is 1. The van der Waals surface area contributed by atoms with E-state index in [1.165, 1.54) is 0 Å². The average Bonchev–Trinajstić information content (AvgIpc) is 3.30. The molecule has 3 fully saturated rings. The van der Waals surface area contributed by atoms with Crippen LogP contribution in [0.3, 0.4) is 0 Å². The molecule has 1 saturated carbocycles. The Morgan fingerprint density at radius 2 is 2.13 bits per heavy atom. The Morgan fingerprint density at radius 1 is 1.27 bits per heavy atom. The number of phenols is 1. The number of rotatable bonds is 4. The number of hydrogen-bond donors (Lipinski definition) is 2. The zero-order valence-electron chi connectivity index (χ0n) is 17.0. The van der Waals surface area contributed by atoms with Crippen molar-refractivity contribution in [3.8, 4) is 22.7 Å². The number of alkyl halides is 1. The van der Waals surface area contributed by atoms with Crippen LogP contribution in [-0.4, -0.2) is 56.2 Å². The van der Waals surface area contributed by atoms with E-state index in [9.17, 15) is 5.11 Å². The van der Waals surface area contributed by atoms with E-state index in [1.54, 1.807) is 18.6 Å². The summed E-state index contributed by atoms with van der Waals surface area (Å²) in [6.45, 7) is 2.80. The molecule has 8 heteroatoms. The highest BCUT2D eigenvalue weighted by Crippen LogP contribution is 2.42. The second-order valence-electron chi connectivity index (χ2n) is 8.55. The standard InChI is InChI=1S/C22H25FN6O/c1-22-8-7-14(12-25-22)20(21(22)23)28(2)19-6-5-17(26-27-19)16-4-3-15(11-18(16)30)29-10-9-24-13-29/h3-6,9-11,13-14,20-21,25,30H,7-8,12H2,1-2H3/t14-,20+,21+,22-/m1/s1.